The van der Waals surface area contributed by atoms with E-state index in [2.05, 4.69) is 23.2 Å². The van der Waals surface area contributed by atoms with Gasteiger partial charge in [-0.05, 0) is 37.6 Å². The second kappa shape index (κ2) is 6.11. The zero-order valence-corrected chi connectivity index (χ0v) is 13.4. The Kier molecular flexibility index (Phi) is 4.14. The minimum atomic E-state index is -4.33. The quantitative estimate of drug-likeness (QED) is 0.558. The van der Waals surface area contributed by atoms with Crippen molar-refractivity contribution < 1.29 is 13.2 Å². The Labute approximate surface area is 138 Å². The molecule has 0 saturated carbocycles. The Balaban J connectivity index is 2.10. The molecule has 122 valence electrons. The minimum Gasteiger partial charge on any atom is -0.256 e. The fraction of sp³-hybridized carbons (Fsp3) is 0.150. The molecule has 0 aliphatic rings. The summed E-state index contributed by atoms with van der Waals surface area (Å²) in [4.78, 5) is 4.40. The fourth-order valence-electron chi connectivity index (χ4n) is 2.82. The first-order valence-electron chi connectivity index (χ1n) is 7.56. The van der Waals surface area contributed by atoms with E-state index < -0.39 is 11.7 Å². The van der Waals surface area contributed by atoms with Crippen LogP contribution < -0.4 is 0 Å². The average Bonchev–Trinajstić information content (AvgIpc) is 2.53. The summed E-state index contributed by atoms with van der Waals surface area (Å²) in [5, 5.41) is 0. The van der Waals surface area contributed by atoms with Gasteiger partial charge in [-0.25, -0.2) is 0 Å². The molecule has 24 heavy (non-hydrogen) atoms. The summed E-state index contributed by atoms with van der Waals surface area (Å²) in [5.74, 6) is 0. The highest BCUT2D eigenvalue weighted by Crippen LogP contribution is 2.34. The lowest BCUT2D eigenvalue weighted by atomic mass is 9.96. The van der Waals surface area contributed by atoms with Crippen LogP contribution in [-0.4, -0.2) is 4.98 Å². The Morgan fingerprint density at radius 3 is 2.00 bits per heavy atom. The van der Waals surface area contributed by atoms with Crippen LogP contribution in [0.3, 0.4) is 0 Å². The van der Waals surface area contributed by atoms with Crippen molar-refractivity contribution in [3.8, 4) is 22.4 Å². The SMILES string of the molecule is Cc1cc(C)cc(-c2cccnc2-c2ccc(C(F)(F)F)cc2)c1. The van der Waals surface area contributed by atoms with E-state index in [0.29, 0.717) is 11.3 Å². The van der Waals surface area contributed by atoms with Gasteiger partial charge in [0, 0.05) is 17.3 Å². The molecule has 0 aliphatic carbocycles. The van der Waals surface area contributed by atoms with Crippen molar-refractivity contribution in [3.05, 3.63) is 77.5 Å². The Morgan fingerprint density at radius 1 is 0.792 bits per heavy atom. The van der Waals surface area contributed by atoms with Crippen LogP contribution in [0.1, 0.15) is 16.7 Å². The number of hydrogen-bond acceptors (Lipinski definition) is 1. The van der Waals surface area contributed by atoms with Gasteiger partial charge in [-0.2, -0.15) is 13.2 Å². The number of alkyl halides is 3. The van der Waals surface area contributed by atoms with Gasteiger partial charge >= 0.3 is 6.18 Å². The molecule has 0 N–H and O–H groups in total. The number of halogens is 3. The van der Waals surface area contributed by atoms with Gasteiger partial charge in [0.2, 0.25) is 0 Å². The third kappa shape index (κ3) is 3.32. The summed E-state index contributed by atoms with van der Waals surface area (Å²) in [7, 11) is 0. The van der Waals surface area contributed by atoms with E-state index >= 15 is 0 Å². The van der Waals surface area contributed by atoms with Crippen LogP contribution >= 0.6 is 0 Å². The molecule has 0 atom stereocenters. The minimum absolute atomic E-state index is 0.657. The van der Waals surface area contributed by atoms with Gasteiger partial charge < -0.3 is 0 Å². The number of hydrogen-bond donors (Lipinski definition) is 0. The normalized spacial score (nSPS) is 11.5. The zero-order chi connectivity index (χ0) is 17.3. The summed E-state index contributed by atoms with van der Waals surface area (Å²) in [6.45, 7) is 4.04. The third-order valence-corrected chi connectivity index (χ3v) is 3.83. The summed E-state index contributed by atoms with van der Waals surface area (Å²) < 4.78 is 38.2. The molecular weight excluding hydrogens is 311 g/mol. The maximum absolute atomic E-state index is 12.7. The standard InChI is InChI=1S/C20H16F3N/c1-13-10-14(2)12-16(11-13)18-4-3-9-24-19(18)15-5-7-17(8-6-15)20(21,22)23/h3-12H,1-2H3. The lowest BCUT2D eigenvalue weighted by Gasteiger charge is -2.12. The van der Waals surface area contributed by atoms with E-state index in [9.17, 15) is 13.2 Å². The summed E-state index contributed by atoms with van der Waals surface area (Å²) in [6.07, 6.45) is -2.68. The highest BCUT2D eigenvalue weighted by atomic mass is 19.4. The van der Waals surface area contributed by atoms with Crippen LogP contribution in [0.2, 0.25) is 0 Å². The fourth-order valence-corrected chi connectivity index (χ4v) is 2.82. The van der Waals surface area contributed by atoms with E-state index in [4.69, 9.17) is 0 Å². The number of nitrogens with zero attached hydrogens (tertiary/aromatic N) is 1. The molecule has 0 spiro atoms. The second-order valence-electron chi connectivity index (χ2n) is 5.85. The topological polar surface area (TPSA) is 12.9 Å². The van der Waals surface area contributed by atoms with Crippen LogP contribution in [0.5, 0.6) is 0 Å². The third-order valence-electron chi connectivity index (χ3n) is 3.83. The summed E-state index contributed by atoms with van der Waals surface area (Å²) in [6, 6.07) is 15.1. The van der Waals surface area contributed by atoms with Crippen LogP contribution in [0.25, 0.3) is 22.4 Å². The maximum atomic E-state index is 12.7. The maximum Gasteiger partial charge on any atom is 0.416 e. The number of aryl methyl sites for hydroxylation is 2. The van der Waals surface area contributed by atoms with Crippen LogP contribution in [-0.2, 0) is 6.18 Å². The molecule has 1 heterocycles. The predicted octanol–water partition coefficient (Wildman–Crippen LogP) is 6.05. The first-order valence-corrected chi connectivity index (χ1v) is 7.56. The molecule has 3 rings (SSSR count). The molecule has 0 radical (unpaired) electrons. The van der Waals surface area contributed by atoms with Crippen molar-refractivity contribution in [2.75, 3.05) is 0 Å². The van der Waals surface area contributed by atoms with E-state index in [-0.39, 0.29) is 0 Å². The molecular formula is C20H16F3N. The second-order valence-corrected chi connectivity index (χ2v) is 5.85. The van der Waals surface area contributed by atoms with Crippen molar-refractivity contribution >= 4 is 0 Å². The van der Waals surface area contributed by atoms with Crippen molar-refractivity contribution in [2.24, 2.45) is 0 Å². The predicted molar refractivity (Wildman–Crippen MR) is 89.6 cm³/mol. The molecule has 0 fully saturated rings. The van der Waals surface area contributed by atoms with E-state index in [0.717, 1.165) is 34.4 Å². The first-order chi connectivity index (χ1) is 11.3. The Bertz CT molecular complexity index is 845. The lowest BCUT2D eigenvalue weighted by molar-refractivity contribution is -0.137. The smallest absolute Gasteiger partial charge is 0.256 e. The number of aromatic nitrogens is 1. The zero-order valence-electron chi connectivity index (χ0n) is 13.4. The van der Waals surface area contributed by atoms with Gasteiger partial charge in [0.05, 0.1) is 11.3 Å². The van der Waals surface area contributed by atoms with Crippen molar-refractivity contribution in [3.63, 3.8) is 0 Å². The number of rotatable bonds is 2. The Hall–Kier alpha value is -2.62. The van der Waals surface area contributed by atoms with Gasteiger partial charge in [0.25, 0.3) is 0 Å². The highest BCUT2D eigenvalue weighted by Gasteiger charge is 2.30. The molecule has 1 aromatic heterocycles. The molecule has 0 bridgehead atoms. The first kappa shape index (κ1) is 16.2. The number of benzene rings is 2. The lowest BCUT2D eigenvalue weighted by Crippen LogP contribution is -2.04. The van der Waals surface area contributed by atoms with Gasteiger partial charge in [-0.1, -0.05) is 47.5 Å². The highest BCUT2D eigenvalue weighted by molar-refractivity contribution is 5.81. The van der Waals surface area contributed by atoms with Crippen LogP contribution in [0, 0.1) is 13.8 Å². The average molecular weight is 327 g/mol. The van der Waals surface area contributed by atoms with E-state index in [1.807, 2.05) is 26.0 Å². The van der Waals surface area contributed by atoms with Gasteiger partial charge in [0.15, 0.2) is 0 Å². The van der Waals surface area contributed by atoms with Crippen molar-refractivity contribution in [1.29, 1.82) is 0 Å². The van der Waals surface area contributed by atoms with Gasteiger partial charge in [-0.3, -0.25) is 4.98 Å². The molecule has 4 heteroatoms. The molecule has 0 unspecified atom stereocenters. The molecule has 1 nitrogen and oxygen atoms in total. The Morgan fingerprint density at radius 2 is 1.42 bits per heavy atom. The monoisotopic (exact) mass is 327 g/mol. The van der Waals surface area contributed by atoms with E-state index in [1.165, 1.54) is 12.1 Å². The molecule has 0 saturated heterocycles. The van der Waals surface area contributed by atoms with Crippen LogP contribution in [0.15, 0.2) is 60.8 Å². The summed E-state index contributed by atoms with van der Waals surface area (Å²) >= 11 is 0. The molecule has 2 aromatic carbocycles. The van der Waals surface area contributed by atoms with Crippen molar-refractivity contribution in [1.82, 2.24) is 4.98 Å². The van der Waals surface area contributed by atoms with Gasteiger partial charge in [-0.15, -0.1) is 0 Å². The summed E-state index contributed by atoms with van der Waals surface area (Å²) in [5.41, 5.74) is 4.86. The number of pyridine rings is 1. The molecule has 0 amide bonds. The molecule has 3 aromatic rings. The van der Waals surface area contributed by atoms with Crippen molar-refractivity contribution in [2.45, 2.75) is 20.0 Å². The molecule has 0 aliphatic heterocycles. The van der Waals surface area contributed by atoms with Crippen LogP contribution in [0.4, 0.5) is 13.2 Å². The van der Waals surface area contributed by atoms with E-state index in [1.54, 1.807) is 6.20 Å². The largest absolute Gasteiger partial charge is 0.416 e. The van der Waals surface area contributed by atoms with Gasteiger partial charge in [0.1, 0.15) is 0 Å².